The highest BCUT2D eigenvalue weighted by molar-refractivity contribution is 6.42. The van der Waals surface area contributed by atoms with E-state index in [1.807, 2.05) is 13.8 Å². The number of nitrogens with one attached hydrogen (secondary N) is 1. The van der Waals surface area contributed by atoms with Crippen LogP contribution < -0.4 is 5.32 Å². The highest BCUT2D eigenvalue weighted by Gasteiger charge is 2.17. The normalized spacial score (nSPS) is 12.2. The van der Waals surface area contributed by atoms with Gasteiger partial charge in [0.1, 0.15) is 5.69 Å². The lowest BCUT2D eigenvalue weighted by Crippen LogP contribution is -2.14. The Balaban J connectivity index is 3.14. The molecule has 0 aliphatic heterocycles. The van der Waals surface area contributed by atoms with Gasteiger partial charge in [0.25, 0.3) is 5.69 Å². The fourth-order valence-corrected chi connectivity index (χ4v) is 1.49. The van der Waals surface area contributed by atoms with Crippen molar-refractivity contribution in [1.82, 2.24) is 0 Å². The van der Waals surface area contributed by atoms with E-state index in [0.29, 0.717) is 10.7 Å². The SMILES string of the molecule is CCC(C)Nc1cc(Cl)c(Cl)cc1[N+](=O)[O-]. The van der Waals surface area contributed by atoms with Crippen LogP contribution in [0.1, 0.15) is 20.3 Å². The number of hydrogen-bond acceptors (Lipinski definition) is 3. The van der Waals surface area contributed by atoms with E-state index in [4.69, 9.17) is 23.2 Å². The zero-order valence-electron chi connectivity index (χ0n) is 8.96. The van der Waals surface area contributed by atoms with Crippen molar-refractivity contribution >= 4 is 34.6 Å². The minimum absolute atomic E-state index is 0.0605. The summed E-state index contributed by atoms with van der Waals surface area (Å²) < 4.78 is 0. The third-order valence-electron chi connectivity index (χ3n) is 2.25. The Bertz CT molecular complexity index is 410. The smallest absolute Gasteiger partial charge is 0.293 e. The second-order valence-corrected chi connectivity index (χ2v) is 4.31. The first kappa shape index (κ1) is 13.1. The molecule has 88 valence electrons. The molecule has 4 nitrogen and oxygen atoms in total. The lowest BCUT2D eigenvalue weighted by molar-refractivity contribution is -0.384. The molecule has 0 aliphatic rings. The van der Waals surface area contributed by atoms with Crippen molar-refractivity contribution < 1.29 is 4.92 Å². The quantitative estimate of drug-likeness (QED) is 0.656. The van der Waals surface area contributed by atoms with Gasteiger partial charge in [0.2, 0.25) is 0 Å². The number of rotatable bonds is 4. The molecule has 1 aromatic rings. The predicted molar refractivity (Wildman–Crippen MR) is 66.5 cm³/mol. The minimum atomic E-state index is -0.479. The standard InChI is InChI=1S/C10H12Cl2N2O2/c1-3-6(2)13-9-4-7(11)8(12)5-10(9)14(15)16/h4-6,13H,3H2,1-2H3. The molecule has 1 unspecified atom stereocenters. The van der Waals surface area contributed by atoms with Gasteiger partial charge in [0.05, 0.1) is 15.0 Å². The third kappa shape index (κ3) is 3.00. The van der Waals surface area contributed by atoms with Crippen LogP contribution >= 0.6 is 23.2 Å². The van der Waals surface area contributed by atoms with Crippen LogP contribution in [0.15, 0.2) is 12.1 Å². The van der Waals surface area contributed by atoms with E-state index in [2.05, 4.69) is 5.32 Å². The van der Waals surface area contributed by atoms with Crippen LogP contribution in [0.4, 0.5) is 11.4 Å². The summed E-state index contributed by atoms with van der Waals surface area (Å²) in [5.41, 5.74) is 0.337. The Hall–Kier alpha value is -1.00. The van der Waals surface area contributed by atoms with Crippen molar-refractivity contribution in [2.45, 2.75) is 26.3 Å². The van der Waals surface area contributed by atoms with Crippen LogP contribution in [-0.2, 0) is 0 Å². The monoisotopic (exact) mass is 262 g/mol. The van der Waals surface area contributed by atoms with Crippen molar-refractivity contribution in [2.75, 3.05) is 5.32 Å². The molecule has 0 aliphatic carbocycles. The Kier molecular flexibility index (Phi) is 4.38. The molecule has 1 aromatic carbocycles. The summed E-state index contributed by atoms with van der Waals surface area (Å²) >= 11 is 11.6. The zero-order valence-corrected chi connectivity index (χ0v) is 10.5. The minimum Gasteiger partial charge on any atom is -0.377 e. The molecule has 0 spiro atoms. The lowest BCUT2D eigenvalue weighted by Gasteiger charge is -2.13. The Labute approximate surface area is 104 Å². The van der Waals surface area contributed by atoms with Gasteiger partial charge in [-0.15, -0.1) is 0 Å². The van der Waals surface area contributed by atoms with Gasteiger partial charge in [-0.2, -0.15) is 0 Å². The molecule has 0 radical (unpaired) electrons. The summed E-state index contributed by atoms with van der Waals surface area (Å²) in [6, 6.07) is 2.87. The van der Waals surface area contributed by atoms with Crippen molar-refractivity contribution in [1.29, 1.82) is 0 Å². The number of halogens is 2. The summed E-state index contributed by atoms with van der Waals surface area (Å²) in [5.74, 6) is 0. The Morgan fingerprint density at radius 3 is 2.50 bits per heavy atom. The van der Waals surface area contributed by atoms with E-state index in [9.17, 15) is 10.1 Å². The molecule has 1 rings (SSSR count). The topological polar surface area (TPSA) is 55.2 Å². The fourth-order valence-electron chi connectivity index (χ4n) is 1.17. The Morgan fingerprint density at radius 1 is 1.44 bits per heavy atom. The number of nitro groups is 1. The first-order valence-corrected chi connectivity index (χ1v) is 5.61. The number of nitrogens with zero attached hydrogens (tertiary/aromatic N) is 1. The number of anilines is 1. The van der Waals surface area contributed by atoms with E-state index in [1.165, 1.54) is 12.1 Å². The maximum atomic E-state index is 10.8. The van der Waals surface area contributed by atoms with Gasteiger partial charge in [-0.05, 0) is 19.4 Å². The van der Waals surface area contributed by atoms with Gasteiger partial charge in [-0.25, -0.2) is 0 Å². The summed E-state index contributed by atoms with van der Waals surface area (Å²) in [5, 5.41) is 14.3. The molecule has 1 N–H and O–H groups in total. The van der Waals surface area contributed by atoms with Gasteiger partial charge in [0, 0.05) is 12.1 Å². The molecule has 0 aromatic heterocycles. The summed E-state index contributed by atoms with van der Waals surface area (Å²) in [4.78, 5) is 10.3. The molecular weight excluding hydrogens is 251 g/mol. The Morgan fingerprint density at radius 2 is 2.00 bits per heavy atom. The molecule has 16 heavy (non-hydrogen) atoms. The largest absolute Gasteiger partial charge is 0.377 e. The lowest BCUT2D eigenvalue weighted by atomic mass is 10.2. The highest BCUT2D eigenvalue weighted by atomic mass is 35.5. The summed E-state index contributed by atoms with van der Waals surface area (Å²) in [6.07, 6.45) is 0.859. The molecule has 0 amide bonds. The van der Waals surface area contributed by atoms with Crippen LogP contribution in [-0.4, -0.2) is 11.0 Å². The molecule has 1 atom stereocenters. The van der Waals surface area contributed by atoms with Gasteiger partial charge in [-0.1, -0.05) is 30.1 Å². The molecule has 0 fully saturated rings. The van der Waals surface area contributed by atoms with Crippen molar-refractivity contribution in [3.05, 3.63) is 32.3 Å². The van der Waals surface area contributed by atoms with Crippen LogP contribution in [0.25, 0.3) is 0 Å². The number of nitro benzene ring substituents is 1. The van der Waals surface area contributed by atoms with Gasteiger partial charge in [0.15, 0.2) is 0 Å². The fraction of sp³-hybridized carbons (Fsp3) is 0.400. The summed E-state index contributed by atoms with van der Waals surface area (Å²) in [7, 11) is 0. The second-order valence-electron chi connectivity index (χ2n) is 3.49. The van der Waals surface area contributed by atoms with E-state index < -0.39 is 4.92 Å². The molecular formula is C10H12Cl2N2O2. The van der Waals surface area contributed by atoms with E-state index in [1.54, 1.807) is 0 Å². The average molecular weight is 263 g/mol. The molecule has 6 heteroatoms. The number of hydrogen-bond donors (Lipinski definition) is 1. The maximum absolute atomic E-state index is 10.8. The maximum Gasteiger partial charge on any atom is 0.293 e. The van der Waals surface area contributed by atoms with Gasteiger partial charge >= 0.3 is 0 Å². The highest BCUT2D eigenvalue weighted by Crippen LogP contribution is 2.34. The molecule has 0 saturated heterocycles. The molecule has 0 bridgehead atoms. The molecule has 0 saturated carbocycles. The first-order valence-electron chi connectivity index (χ1n) is 4.85. The van der Waals surface area contributed by atoms with Crippen molar-refractivity contribution in [3.8, 4) is 0 Å². The second kappa shape index (κ2) is 5.37. The molecule has 0 heterocycles. The van der Waals surface area contributed by atoms with Gasteiger partial charge < -0.3 is 5.32 Å². The van der Waals surface area contributed by atoms with E-state index in [-0.39, 0.29) is 16.8 Å². The van der Waals surface area contributed by atoms with E-state index in [0.717, 1.165) is 6.42 Å². The van der Waals surface area contributed by atoms with Crippen LogP contribution in [0, 0.1) is 10.1 Å². The van der Waals surface area contributed by atoms with Crippen molar-refractivity contribution in [2.24, 2.45) is 0 Å². The first-order chi connectivity index (χ1) is 7.45. The average Bonchev–Trinajstić information content (AvgIpc) is 2.22. The van der Waals surface area contributed by atoms with Crippen LogP contribution in [0.5, 0.6) is 0 Å². The van der Waals surface area contributed by atoms with Gasteiger partial charge in [-0.3, -0.25) is 10.1 Å². The van der Waals surface area contributed by atoms with Crippen molar-refractivity contribution in [3.63, 3.8) is 0 Å². The van der Waals surface area contributed by atoms with Crippen LogP contribution in [0.3, 0.4) is 0 Å². The zero-order chi connectivity index (χ0) is 12.3. The predicted octanol–water partition coefficient (Wildman–Crippen LogP) is 4.11. The third-order valence-corrected chi connectivity index (χ3v) is 2.97. The number of benzene rings is 1. The summed E-state index contributed by atoms with van der Waals surface area (Å²) in [6.45, 7) is 3.92. The van der Waals surface area contributed by atoms with E-state index >= 15 is 0 Å². The van der Waals surface area contributed by atoms with Crippen LogP contribution in [0.2, 0.25) is 10.0 Å².